The van der Waals surface area contributed by atoms with Crippen LogP contribution in [0.25, 0.3) is 5.70 Å². The number of carbonyl (C=O) groups excluding carboxylic acids is 2. The van der Waals surface area contributed by atoms with E-state index in [0.29, 0.717) is 17.0 Å². The fraction of sp³-hybridized carbons (Fsp3) is 0.211. The van der Waals surface area contributed by atoms with Crippen molar-refractivity contribution in [3.8, 4) is 0 Å². The predicted octanol–water partition coefficient (Wildman–Crippen LogP) is 2.75. The highest BCUT2D eigenvalue weighted by molar-refractivity contribution is 8.01. The first-order chi connectivity index (χ1) is 12.1. The fourth-order valence-electron chi connectivity index (χ4n) is 3.19. The van der Waals surface area contributed by atoms with E-state index in [0.717, 1.165) is 29.1 Å². The number of rotatable bonds is 3. The van der Waals surface area contributed by atoms with Crippen LogP contribution in [0.1, 0.15) is 24.6 Å². The first-order valence-electron chi connectivity index (χ1n) is 8.21. The van der Waals surface area contributed by atoms with E-state index in [9.17, 15) is 9.59 Å². The van der Waals surface area contributed by atoms with E-state index in [4.69, 9.17) is 5.73 Å². The van der Waals surface area contributed by atoms with Gasteiger partial charge in [0, 0.05) is 11.3 Å². The molecule has 0 bridgehead atoms. The Balaban J connectivity index is 1.79. The number of anilines is 1. The van der Waals surface area contributed by atoms with Crippen molar-refractivity contribution < 1.29 is 9.59 Å². The molecule has 5 nitrogen and oxygen atoms in total. The zero-order valence-electron chi connectivity index (χ0n) is 13.7. The number of aromatic nitrogens is 1. The molecule has 2 aliphatic heterocycles. The molecule has 0 unspecified atom stereocenters. The van der Waals surface area contributed by atoms with Gasteiger partial charge in [0.25, 0.3) is 11.8 Å². The van der Waals surface area contributed by atoms with E-state index < -0.39 is 5.25 Å². The number of aryl methyl sites for hydroxylation is 1. The Morgan fingerprint density at radius 2 is 1.92 bits per heavy atom. The van der Waals surface area contributed by atoms with Gasteiger partial charge in [0.2, 0.25) is 0 Å². The maximum Gasteiger partial charge on any atom is 0.264 e. The third-order valence-electron chi connectivity index (χ3n) is 4.39. The average molecular weight is 351 g/mol. The van der Waals surface area contributed by atoms with Gasteiger partial charge in [-0.25, -0.2) is 9.88 Å². The lowest BCUT2D eigenvalue weighted by molar-refractivity contribution is -0.120. The van der Waals surface area contributed by atoms with Crippen LogP contribution in [0.5, 0.6) is 0 Å². The maximum atomic E-state index is 12.9. The zero-order chi connectivity index (χ0) is 17.6. The van der Waals surface area contributed by atoms with Gasteiger partial charge >= 0.3 is 0 Å². The van der Waals surface area contributed by atoms with Crippen molar-refractivity contribution in [2.24, 2.45) is 5.73 Å². The Hall–Kier alpha value is -2.60. The minimum Gasteiger partial charge on any atom is -0.398 e. The van der Waals surface area contributed by atoms with E-state index in [2.05, 4.69) is 11.9 Å². The Morgan fingerprint density at radius 3 is 2.64 bits per heavy atom. The van der Waals surface area contributed by atoms with Crippen molar-refractivity contribution >= 4 is 35.0 Å². The second kappa shape index (κ2) is 6.04. The molecule has 0 aliphatic carbocycles. The molecule has 1 fully saturated rings. The summed E-state index contributed by atoms with van der Waals surface area (Å²) in [6, 6.07) is 12.8. The van der Waals surface area contributed by atoms with Crippen molar-refractivity contribution in [2.45, 2.75) is 30.0 Å². The number of thioether (sulfide) groups is 1. The van der Waals surface area contributed by atoms with Gasteiger partial charge in [-0.2, -0.15) is 0 Å². The second-order valence-corrected chi connectivity index (χ2v) is 7.14. The van der Waals surface area contributed by atoms with Gasteiger partial charge < -0.3 is 5.73 Å². The van der Waals surface area contributed by atoms with Crippen LogP contribution in [0.3, 0.4) is 0 Å². The molecular formula is C19H17N3O2S. The van der Waals surface area contributed by atoms with Gasteiger partial charge in [-0.3, -0.25) is 9.59 Å². The third-order valence-corrected chi connectivity index (χ3v) is 5.60. The first-order valence-corrected chi connectivity index (χ1v) is 9.09. The minimum atomic E-state index is -0.621. The lowest BCUT2D eigenvalue weighted by Gasteiger charge is -2.20. The lowest BCUT2D eigenvalue weighted by Crippen LogP contribution is -2.31. The second-order valence-electron chi connectivity index (χ2n) is 6.04. The summed E-state index contributed by atoms with van der Waals surface area (Å²) >= 11 is 1.32. The monoisotopic (exact) mass is 351 g/mol. The Kier molecular flexibility index (Phi) is 3.84. The largest absolute Gasteiger partial charge is 0.398 e. The number of imide groups is 1. The molecule has 3 heterocycles. The van der Waals surface area contributed by atoms with Crippen LogP contribution in [0.2, 0.25) is 0 Å². The molecule has 2 N–H and O–H groups in total. The number of hydrogen-bond acceptors (Lipinski definition) is 5. The standard InChI is InChI=1S/C19H17N3O2S/c1-2-6-11-9-10-13-15(20)14-16(25-17(13)21-11)19(24)22(18(14)23)12-7-4-3-5-8-12/h3-5,7-10,16H,2,6,20H2,1H3/t16-/m0/s1. The lowest BCUT2D eigenvalue weighted by atomic mass is 10.1. The van der Waals surface area contributed by atoms with Gasteiger partial charge in [-0.05, 0) is 30.7 Å². The molecule has 2 aliphatic rings. The molecule has 2 aromatic rings. The van der Waals surface area contributed by atoms with E-state index >= 15 is 0 Å². The molecule has 0 saturated carbocycles. The molecule has 1 atom stereocenters. The normalized spacial score (nSPS) is 19.2. The summed E-state index contributed by atoms with van der Waals surface area (Å²) < 4.78 is 0. The number of hydrogen-bond donors (Lipinski definition) is 1. The summed E-state index contributed by atoms with van der Waals surface area (Å²) in [6.45, 7) is 2.09. The number of nitrogens with zero attached hydrogens (tertiary/aromatic N) is 2. The highest BCUT2D eigenvalue weighted by atomic mass is 32.2. The summed E-state index contributed by atoms with van der Waals surface area (Å²) in [4.78, 5) is 31.6. The SMILES string of the molecule is CCCc1ccc2c(n1)S[C@@H]1C(=O)N(c3ccccc3)C(=O)C1=C2N. The molecule has 1 aromatic carbocycles. The number of nitrogens with two attached hydrogens (primary N) is 1. The molecule has 6 heteroatoms. The molecular weight excluding hydrogens is 334 g/mol. The first kappa shape index (κ1) is 15.9. The zero-order valence-corrected chi connectivity index (χ0v) is 14.5. The molecule has 0 radical (unpaired) electrons. The van der Waals surface area contributed by atoms with Crippen LogP contribution >= 0.6 is 11.8 Å². The summed E-state index contributed by atoms with van der Waals surface area (Å²) in [7, 11) is 0. The number of amides is 2. The van der Waals surface area contributed by atoms with E-state index in [1.807, 2.05) is 18.2 Å². The van der Waals surface area contributed by atoms with Crippen molar-refractivity contribution in [1.82, 2.24) is 4.98 Å². The van der Waals surface area contributed by atoms with Crippen molar-refractivity contribution in [2.75, 3.05) is 4.90 Å². The quantitative estimate of drug-likeness (QED) is 0.861. The van der Waals surface area contributed by atoms with Gasteiger partial charge in [0.1, 0.15) is 10.3 Å². The molecule has 1 aromatic heterocycles. The Bertz CT molecular complexity index is 908. The average Bonchev–Trinajstić information content (AvgIpc) is 2.87. The third kappa shape index (κ3) is 2.44. The number of pyridine rings is 1. The van der Waals surface area contributed by atoms with Crippen molar-refractivity contribution in [3.05, 3.63) is 59.3 Å². The van der Waals surface area contributed by atoms with Gasteiger partial charge in [-0.1, -0.05) is 43.3 Å². The fourth-order valence-corrected chi connectivity index (χ4v) is 4.44. The summed E-state index contributed by atoms with van der Waals surface area (Å²) in [5.74, 6) is -0.595. The summed E-state index contributed by atoms with van der Waals surface area (Å²) in [5, 5.41) is 0.109. The van der Waals surface area contributed by atoms with Crippen LogP contribution in [-0.2, 0) is 16.0 Å². The predicted molar refractivity (Wildman–Crippen MR) is 97.9 cm³/mol. The van der Waals surface area contributed by atoms with Crippen LogP contribution in [-0.4, -0.2) is 22.0 Å². The summed E-state index contributed by atoms with van der Waals surface area (Å²) in [6.07, 6.45) is 1.87. The van der Waals surface area contributed by atoms with Gasteiger partial charge in [-0.15, -0.1) is 0 Å². The Morgan fingerprint density at radius 1 is 1.16 bits per heavy atom. The van der Waals surface area contributed by atoms with Crippen LogP contribution in [0, 0.1) is 0 Å². The summed E-state index contributed by atoms with van der Waals surface area (Å²) in [5.41, 5.74) is 9.30. The topological polar surface area (TPSA) is 76.3 Å². The number of fused-ring (bicyclic) bond motifs is 2. The highest BCUT2D eigenvalue weighted by Gasteiger charge is 2.48. The molecule has 25 heavy (non-hydrogen) atoms. The molecule has 126 valence electrons. The van der Waals surface area contributed by atoms with Crippen LogP contribution in [0.4, 0.5) is 5.69 Å². The number of carbonyl (C=O) groups is 2. The molecule has 4 rings (SSSR count). The number of para-hydroxylation sites is 1. The van der Waals surface area contributed by atoms with E-state index in [-0.39, 0.29) is 11.8 Å². The van der Waals surface area contributed by atoms with Crippen molar-refractivity contribution in [3.63, 3.8) is 0 Å². The van der Waals surface area contributed by atoms with Gasteiger partial charge in [0.15, 0.2) is 0 Å². The molecule has 2 amide bonds. The maximum absolute atomic E-state index is 12.9. The van der Waals surface area contributed by atoms with E-state index in [1.54, 1.807) is 24.3 Å². The minimum absolute atomic E-state index is 0.257. The smallest absolute Gasteiger partial charge is 0.264 e. The van der Waals surface area contributed by atoms with Gasteiger partial charge in [0.05, 0.1) is 17.0 Å². The van der Waals surface area contributed by atoms with E-state index in [1.165, 1.54) is 16.7 Å². The van der Waals surface area contributed by atoms with Crippen molar-refractivity contribution in [1.29, 1.82) is 0 Å². The molecule has 1 saturated heterocycles. The van der Waals surface area contributed by atoms with Crippen LogP contribution < -0.4 is 10.6 Å². The number of benzene rings is 1. The highest BCUT2D eigenvalue weighted by Crippen LogP contribution is 2.44. The van der Waals surface area contributed by atoms with Crippen LogP contribution in [0.15, 0.2) is 53.1 Å². The Labute approximate surface area is 149 Å². The molecule has 0 spiro atoms.